The zero-order valence-corrected chi connectivity index (χ0v) is 17.0. The summed E-state index contributed by atoms with van der Waals surface area (Å²) >= 11 is 0. The minimum absolute atomic E-state index is 0.152. The number of nitrogens with one attached hydrogen (secondary N) is 1. The third kappa shape index (κ3) is 2.60. The summed E-state index contributed by atoms with van der Waals surface area (Å²) in [6.45, 7) is 0. The van der Waals surface area contributed by atoms with E-state index in [2.05, 4.69) is 17.5 Å². The maximum Gasteiger partial charge on any atom is 0.257 e. The van der Waals surface area contributed by atoms with Gasteiger partial charge < -0.3 is 10.1 Å². The standard InChI is InChI=1S/C25H22N2O4/c1-31-14-6-4-5-13(11-14)26-23(28)17-7-2-3-8-20(17)27-24(29)21-15-9-10-16(19-12-18(15)19)22(21)25(27)30/h2-11,15-16,18-19,21-22H,12H2,1H3,(H,26,28)/t15-,16-,18-,19+,21-,22+/m0/s1. The lowest BCUT2D eigenvalue weighted by Gasteiger charge is -2.37. The molecule has 2 saturated carbocycles. The van der Waals surface area contributed by atoms with E-state index >= 15 is 0 Å². The average Bonchev–Trinajstić information content (AvgIpc) is 3.57. The van der Waals surface area contributed by atoms with Gasteiger partial charge in [-0.1, -0.05) is 30.4 Å². The normalized spacial score (nSPS) is 32.0. The van der Waals surface area contributed by atoms with E-state index in [9.17, 15) is 14.4 Å². The van der Waals surface area contributed by atoms with Gasteiger partial charge in [-0.3, -0.25) is 14.4 Å². The van der Waals surface area contributed by atoms with Gasteiger partial charge in [0.1, 0.15) is 5.75 Å². The number of carbonyl (C=O) groups excluding carboxylic acids is 3. The number of imide groups is 1. The lowest BCUT2D eigenvalue weighted by molar-refractivity contribution is -0.124. The maximum absolute atomic E-state index is 13.4. The molecule has 31 heavy (non-hydrogen) atoms. The first-order valence-electron chi connectivity index (χ1n) is 10.7. The van der Waals surface area contributed by atoms with Crippen molar-refractivity contribution in [2.24, 2.45) is 35.5 Å². The van der Waals surface area contributed by atoms with Gasteiger partial charge in [-0.2, -0.15) is 0 Å². The van der Waals surface area contributed by atoms with Crippen molar-refractivity contribution in [1.29, 1.82) is 0 Å². The summed E-state index contributed by atoms with van der Waals surface area (Å²) in [7, 11) is 1.56. The van der Waals surface area contributed by atoms with E-state index in [1.807, 2.05) is 0 Å². The summed E-state index contributed by atoms with van der Waals surface area (Å²) in [5.41, 5.74) is 1.24. The van der Waals surface area contributed by atoms with Crippen molar-refractivity contribution in [2.75, 3.05) is 17.3 Å². The molecule has 1 N–H and O–H groups in total. The maximum atomic E-state index is 13.4. The highest BCUT2D eigenvalue weighted by Crippen LogP contribution is 2.65. The van der Waals surface area contributed by atoms with Crippen LogP contribution in [0.3, 0.4) is 0 Å². The summed E-state index contributed by atoms with van der Waals surface area (Å²) in [6, 6.07) is 13.9. The molecule has 4 aliphatic carbocycles. The lowest BCUT2D eigenvalue weighted by Crippen LogP contribution is -2.40. The minimum Gasteiger partial charge on any atom is -0.497 e. The van der Waals surface area contributed by atoms with Crippen LogP contribution in [0.25, 0.3) is 0 Å². The van der Waals surface area contributed by atoms with Gasteiger partial charge >= 0.3 is 0 Å². The van der Waals surface area contributed by atoms with Gasteiger partial charge in [-0.25, -0.2) is 4.90 Å². The molecular formula is C25H22N2O4. The number of anilines is 2. The Morgan fingerprint density at radius 3 is 2.32 bits per heavy atom. The molecule has 3 amide bonds. The van der Waals surface area contributed by atoms with Crippen LogP contribution in [0.1, 0.15) is 16.8 Å². The van der Waals surface area contributed by atoms with Crippen LogP contribution in [0.15, 0.2) is 60.7 Å². The molecule has 2 bridgehead atoms. The molecule has 6 nitrogen and oxygen atoms in total. The van der Waals surface area contributed by atoms with Gasteiger partial charge in [0, 0.05) is 11.8 Å². The van der Waals surface area contributed by atoms with Crippen molar-refractivity contribution in [3.63, 3.8) is 0 Å². The highest BCUT2D eigenvalue weighted by molar-refractivity contribution is 6.25. The average molecular weight is 414 g/mol. The fraction of sp³-hybridized carbons (Fsp3) is 0.320. The fourth-order valence-electron chi connectivity index (χ4n) is 5.95. The number of hydrogen-bond donors (Lipinski definition) is 1. The van der Waals surface area contributed by atoms with Crippen molar-refractivity contribution in [2.45, 2.75) is 6.42 Å². The Bertz CT molecular complexity index is 1120. The van der Waals surface area contributed by atoms with Crippen LogP contribution in [-0.4, -0.2) is 24.8 Å². The first-order valence-corrected chi connectivity index (χ1v) is 10.7. The number of amides is 3. The zero-order chi connectivity index (χ0) is 21.3. The molecule has 5 aliphatic rings. The molecule has 3 fully saturated rings. The smallest absolute Gasteiger partial charge is 0.257 e. The number of rotatable bonds is 4. The number of para-hydroxylation sites is 1. The third-order valence-electron chi connectivity index (χ3n) is 7.38. The molecule has 7 rings (SSSR count). The molecule has 156 valence electrons. The van der Waals surface area contributed by atoms with E-state index in [0.717, 1.165) is 6.42 Å². The SMILES string of the molecule is COc1cccc(NC(=O)c2ccccc2N2C(=O)[C@@H]3[C@H]4C=C[C@@H]([C@@H]5C[C@H]45)[C@@H]3C2=O)c1. The number of hydrogen-bond acceptors (Lipinski definition) is 4. The van der Waals surface area contributed by atoms with E-state index in [4.69, 9.17) is 4.74 Å². The predicted molar refractivity (Wildman–Crippen MR) is 115 cm³/mol. The van der Waals surface area contributed by atoms with Crippen LogP contribution in [0, 0.1) is 35.5 Å². The zero-order valence-electron chi connectivity index (χ0n) is 17.0. The van der Waals surface area contributed by atoms with Crippen LogP contribution in [0.4, 0.5) is 11.4 Å². The summed E-state index contributed by atoms with van der Waals surface area (Å²) in [5, 5.41) is 2.85. The molecule has 1 aliphatic heterocycles. The summed E-state index contributed by atoms with van der Waals surface area (Å²) in [4.78, 5) is 41.3. The van der Waals surface area contributed by atoms with E-state index in [1.54, 1.807) is 55.6 Å². The molecule has 0 spiro atoms. The monoisotopic (exact) mass is 414 g/mol. The largest absolute Gasteiger partial charge is 0.497 e. The molecule has 0 aromatic heterocycles. The minimum atomic E-state index is -0.372. The van der Waals surface area contributed by atoms with Crippen molar-refractivity contribution in [3.8, 4) is 5.75 Å². The van der Waals surface area contributed by atoms with E-state index in [0.29, 0.717) is 34.5 Å². The van der Waals surface area contributed by atoms with Gasteiger partial charge in [0.15, 0.2) is 0 Å². The van der Waals surface area contributed by atoms with Crippen LogP contribution >= 0.6 is 0 Å². The third-order valence-corrected chi connectivity index (χ3v) is 7.38. The summed E-state index contributed by atoms with van der Waals surface area (Å²) in [6.07, 6.45) is 5.42. The molecule has 6 atom stereocenters. The molecule has 0 unspecified atom stereocenters. The fourth-order valence-corrected chi connectivity index (χ4v) is 5.95. The highest BCUT2D eigenvalue weighted by atomic mass is 16.5. The summed E-state index contributed by atoms with van der Waals surface area (Å²) < 4.78 is 5.21. The van der Waals surface area contributed by atoms with Crippen LogP contribution < -0.4 is 15.0 Å². The van der Waals surface area contributed by atoms with Gasteiger partial charge in [-0.05, 0) is 54.4 Å². The Morgan fingerprint density at radius 2 is 1.65 bits per heavy atom. The molecule has 6 heteroatoms. The number of benzene rings is 2. The second-order valence-electron chi connectivity index (χ2n) is 8.87. The topological polar surface area (TPSA) is 75.7 Å². The Morgan fingerprint density at radius 1 is 0.968 bits per heavy atom. The van der Waals surface area contributed by atoms with Crippen LogP contribution in [0.2, 0.25) is 0 Å². The Balaban J connectivity index is 1.33. The second kappa shape index (κ2) is 6.54. The molecule has 0 radical (unpaired) electrons. The molecular weight excluding hydrogens is 392 g/mol. The summed E-state index contributed by atoms with van der Waals surface area (Å²) in [5.74, 6) is 0.728. The first-order chi connectivity index (χ1) is 15.1. The van der Waals surface area contributed by atoms with Gasteiger partial charge in [0.25, 0.3) is 5.91 Å². The van der Waals surface area contributed by atoms with E-state index < -0.39 is 0 Å². The van der Waals surface area contributed by atoms with Crippen molar-refractivity contribution in [1.82, 2.24) is 0 Å². The number of carbonyl (C=O) groups is 3. The molecule has 1 heterocycles. The van der Waals surface area contributed by atoms with E-state index in [1.165, 1.54) is 4.90 Å². The molecule has 2 aromatic rings. The molecule has 2 aromatic carbocycles. The second-order valence-corrected chi connectivity index (χ2v) is 8.87. The number of nitrogens with zero attached hydrogens (tertiary/aromatic N) is 1. The lowest BCUT2D eigenvalue weighted by atomic mass is 9.63. The van der Waals surface area contributed by atoms with Gasteiger partial charge in [0.2, 0.25) is 11.8 Å². The van der Waals surface area contributed by atoms with Gasteiger partial charge in [-0.15, -0.1) is 0 Å². The van der Waals surface area contributed by atoms with Crippen molar-refractivity contribution >= 4 is 29.1 Å². The quantitative estimate of drug-likeness (QED) is 0.614. The van der Waals surface area contributed by atoms with Crippen molar-refractivity contribution in [3.05, 3.63) is 66.2 Å². The Hall–Kier alpha value is -3.41. The number of allylic oxidation sites excluding steroid dienone is 2. The van der Waals surface area contributed by atoms with Crippen LogP contribution in [-0.2, 0) is 9.59 Å². The Kier molecular flexibility index (Phi) is 3.88. The van der Waals surface area contributed by atoms with Gasteiger partial charge in [0.05, 0.1) is 30.2 Å². The Labute approximate surface area is 179 Å². The number of methoxy groups -OCH3 is 1. The highest BCUT2D eigenvalue weighted by Gasteiger charge is 2.67. The van der Waals surface area contributed by atoms with Crippen LogP contribution in [0.5, 0.6) is 5.75 Å². The first kappa shape index (κ1) is 18.4. The molecule has 1 saturated heterocycles. The van der Waals surface area contributed by atoms with E-state index in [-0.39, 0.29) is 41.4 Å². The van der Waals surface area contributed by atoms with Crippen molar-refractivity contribution < 1.29 is 19.1 Å². The predicted octanol–water partition coefficient (Wildman–Crippen LogP) is 3.51. The number of ether oxygens (including phenoxy) is 1.